The SMILES string of the molecule is C=C(N)c1ncn(CCCCCC(=O)NCc2ccc(S(=O)(=O)NCCc3ccc(C)cc3)cc2)c1/C=C(\C)Cl. The van der Waals surface area contributed by atoms with E-state index in [-0.39, 0.29) is 10.8 Å². The summed E-state index contributed by atoms with van der Waals surface area (Å²) in [7, 11) is -3.60. The van der Waals surface area contributed by atoms with Crippen molar-refractivity contribution in [3.05, 3.63) is 94.5 Å². The molecule has 1 amide bonds. The van der Waals surface area contributed by atoms with Crippen LogP contribution in [-0.2, 0) is 34.3 Å². The number of aryl methyl sites for hydroxylation is 2. The van der Waals surface area contributed by atoms with Crippen molar-refractivity contribution >= 4 is 39.3 Å². The van der Waals surface area contributed by atoms with Crippen LogP contribution in [0.4, 0.5) is 0 Å². The Morgan fingerprint density at radius 1 is 1.07 bits per heavy atom. The molecule has 10 heteroatoms. The Bertz CT molecular complexity index is 1420. The molecule has 0 fully saturated rings. The molecule has 1 heterocycles. The van der Waals surface area contributed by atoms with Gasteiger partial charge < -0.3 is 15.6 Å². The van der Waals surface area contributed by atoms with Crippen LogP contribution in [0.15, 0.2) is 71.4 Å². The maximum atomic E-state index is 12.6. The third-order valence-electron chi connectivity index (χ3n) is 6.37. The third-order valence-corrected chi connectivity index (χ3v) is 7.96. The van der Waals surface area contributed by atoms with Gasteiger partial charge >= 0.3 is 0 Å². The summed E-state index contributed by atoms with van der Waals surface area (Å²) in [5.74, 6) is -0.0415. The number of imidazole rings is 1. The number of hydrogen-bond donors (Lipinski definition) is 3. The van der Waals surface area contributed by atoms with Crippen molar-refractivity contribution in [1.29, 1.82) is 0 Å². The van der Waals surface area contributed by atoms with Crippen molar-refractivity contribution in [3.63, 3.8) is 0 Å². The number of carbonyl (C=O) groups is 1. The first-order valence-corrected chi connectivity index (χ1v) is 15.2. The molecule has 0 bridgehead atoms. The number of carbonyl (C=O) groups excluding carboxylic acids is 1. The summed E-state index contributed by atoms with van der Waals surface area (Å²) in [5, 5.41) is 3.53. The van der Waals surface area contributed by atoms with Gasteiger partial charge in [-0.05, 0) is 62.4 Å². The molecule has 0 saturated heterocycles. The van der Waals surface area contributed by atoms with Crippen LogP contribution in [0, 0.1) is 6.92 Å². The maximum absolute atomic E-state index is 12.6. The zero-order chi connectivity index (χ0) is 29.1. The third kappa shape index (κ3) is 9.66. The smallest absolute Gasteiger partial charge is 0.240 e. The highest BCUT2D eigenvalue weighted by Gasteiger charge is 2.14. The largest absolute Gasteiger partial charge is 0.397 e. The van der Waals surface area contributed by atoms with E-state index in [9.17, 15) is 13.2 Å². The minimum atomic E-state index is -3.60. The number of nitrogens with one attached hydrogen (secondary N) is 2. The number of nitrogens with zero attached hydrogens (tertiary/aromatic N) is 2. The topological polar surface area (TPSA) is 119 Å². The first-order chi connectivity index (χ1) is 19.0. The summed E-state index contributed by atoms with van der Waals surface area (Å²) in [4.78, 5) is 16.8. The molecule has 0 aliphatic carbocycles. The molecule has 2 aromatic carbocycles. The number of unbranched alkanes of at least 4 members (excludes halogenated alkanes) is 2. The summed E-state index contributed by atoms with van der Waals surface area (Å²) in [5.41, 5.74) is 10.8. The first-order valence-electron chi connectivity index (χ1n) is 13.3. The number of aromatic nitrogens is 2. The van der Waals surface area contributed by atoms with Crippen LogP contribution in [0.2, 0.25) is 0 Å². The summed E-state index contributed by atoms with van der Waals surface area (Å²) < 4.78 is 29.9. The number of sulfonamides is 1. The van der Waals surface area contributed by atoms with Crippen molar-refractivity contribution in [1.82, 2.24) is 19.6 Å². The highest BCUT2D eigenvalue weighted by molar-refractivity contribution is 7.89. The standard InChI is InChI=1S/C30H38ClN5O3S/c1-22-8-10-25(11-9-22)16-17-35-40(38,39)27-14-12-26(13-15-27)20-33-29(37)7-5-4-6-18-36-21-34-30(24(3)32)28(36)19-23(2)31/h8-15,19,21,35H,3-7,16-18,20,32H2,1-2H3,(H,33,37)/b23-19+. The second kappa shape index (κ2) is 14.8. The van der Waals surface area contributed by atoms with Gasteiger partial charge in [0.1, 0.15) is 5.69 Å². The minimum Gasteiger partial charge on any atom is -0.397 e. The van der Waals surface area contributed by atoms with Crippen LogP contribution in [0.1, 0.15) is 60.7 Å². The zero-order valence-corrected chi connectivity index (χ0v) is 24.7. The van der Waals surface area contributed by atoms with Gasteiger partial charge in [0.15, 0.2) is 0 Å². The van der Waals surface area contributed by atoms with Gasteiger partial charge in [0.25, 0.3) is 0 Å². The van der Waals surface area contributed by atoms with Gasteiger partial charge in [-0.3, -0.25) is 4.79 Å². The van der Waals surface area contributed by atoms with Crippen LogP contribution in [0.25, 0.3) is 11.8 Å². The highest BCUT2D eigenvalue weighted by Crippen LogP contribution is 2.19. The fraction of sp³-hybridized carbons (Fsp3) is 0.333. The lowest BCUT2D eigenvalue weighted by Gasteiger charge is -2.09. The van der Waals surface area contributed by atoms with E-state index in [0.29, 0.717) is 42.4 Å². The monoisotopic (exact) mass is 583 g/mol. The van der Waals surface area contributed by atoms with E-state index in [1.54, 1.807) is 37.5 Å². The summed E-state index contributed by atoms with van der Waals surface area (Å²) in [6.07, 6.45) is 7.07. The average molecular weight is 584 g/mol. The summed E-state index contributed by atoms with van der Waals surface area (Å²) in [6.45, 7) is 8.97. The second-order valence-corrected chi connectivity index (χ2v) is 12.2. The summed E-state index contributed by atoms with van der Waals surface area (Å²) >= 11 is 6.05. The van der Waals surface area contributed by atoms with Crippen LogP contribution >= 0.6 is 11.6 Å². The molecule has 8 nitrogen and oxygen atoms in total. The lowest BCUT2D eigenvalue weighted by molar-refractivity contribution is -0.121. The van der Waals surface area contributed by atoms with Crippen molar-refractivity contribution in [3.8, 4) is 0 Å². The fourth-order valence-electron chi connectivity index (χ4n) is 4.14. The normalized spacial score (nSPS) is 11.9. The zero-order valence-electron chi connectivity index (χ0n) is 23.1. The van der Waals surface area contributed by atoms with E-state index in [0.717, 1.165) is 42.6 Å². The molecule has 3 rings (SSSR count). The van der Waals surface area contributed by atoms with Crippen LogP contribution in [0.5, 0.6) is 0 Å². The van der Waals surface area contributed by atoms with Gasteiger partial charge in [-0.15, -0.1) is 0 Å². The van der Waals surface area contributed by atoms with Gasteiger partial charge in [-0.2, -0.15) is 0 Å². The van der Waals surface area contributed by atoms with Crippen molar-refractivity contribution < 1.29 is 13.2 Å². The summed E-state index contributed by atoms with van der Waals surface area (Å²) in [6, 6.07) is 14.6. The van der Waals surface area contributed by atoms with E-state index >= 15 is 0 Å². The number of amides is 1. The van der Waals surface area contributed by atoms with E-state index in [2.05, 4.69) is 21.6 Å². The average Bonchev–Trinajstić information content (AvgIpc) is 3.30. The second-order valence-electron chi connectivity index (χ2n) is 9.79. The Balaban J connectivity index is 1.37. The Hall–Kier alpha value is -3.40. The molecule has 0 atom stereocenters. The van der Waals surface area contributed by atoms with Gasteiger partial charge in [0.05, 0.1) is 22.6 Å². The van der Waals surface area contributed by atoms with Crippen molar-refractivity contribution in [2.24, 2.45) is 5.73 Å². The molecule has 0 unspecified atom stereocenters. The Labute approximate surface area is 242 Å². The molecule has 1 aromatic heterocycles. The van der Waals surface area contributed by atoms with Crippen LogP contribution in [-0.4, -0.2) is 30.4 Å². The quantitative estimate of drug-likeness (QED) is 0.215. The lowest BCUT2D eigenvalue weighted by Crippen LogP contribution is -2.26. The van der Waals surface area contributed by atoms with E-state index in [1.807, 2.05) is 41.8 Å². The molecule has 0 spiro atoms. The molecule has 0 saturated carbocycles. The number of benzene rings is 2. The molecule has 40 heavy (non-hydrogen) atoms. The number of nitrogens with two attached hydrogens (primary N) is 1. The number of allylic oxidation sites excluding steroid dienone is 1. The molecule has 0 aliphatic heterocycles. The Kier molecular flexibility index (Phi) is 11.5. The highest BCUT2D eigenvalue weighted by atomic mass is 35.5. The molecule has 0 aliphatic rings. The minimum absolute atomic E-state index is 0.0415. The Morgan fingerprint density at radius 2 is 1.75 bits per heavy atom. The first kappa shape index (κ1) is 31.1. The molecule has 3 aromatic rings. The number of halogens is 1. The predicted octanol–water partition coefficient (Wildman–Crippen LogP) is 5.12. The molecular formula is C30H38ClN5O3S. The molecule has 214 valence electrons. The van der Waals surface area contributed by atoms with Gasteiger partial charge in [0.2, 0.25) is 15.9 Å². The van der Waals surface area contributed by atoms with E-state index < -0.39 is 10.0 Å². The predicted molar refractivity (Wildman–Crippen MR) is 162 cm³/mol. The van der Waals surface area contributed by atoms with Crippen LogP contribution < -0.4 is 15.8 Å². The van der Waals surface area contributed by atoms with Gasteiger partial charge in [-0.25, -0.2) is 18.1 Å². The van der Waals surface area contributed by atoms with E-state index in [1.165, 1.54) is 5.56 Å². The van der Waals surface area contributed by atoms with E-state index in [4.69, 9.17) is 17.3 Å². The van der Waals surface area contributed by atoms with Crippen molar-refractivity contribution in [2.75, 3.05) is 6.54 Å². The fourth-order valence-corrected chi connectivity index (χ4v) is 5.28. The van der Waals surface area contributed by atoms with Crippen molar-refractivity contribution in [2.45, 2.75) is 63.9 Å². The number of rotatable bonds is 15. The molecular weight excluding hydrogens is 546 g/mol. The number of hydrogen-bond acceptors (Lipinski definition) is 5. The maximum Gasteiger partial charge on any atom is 0.240 e. The molecule has 0 radical (unpaired) electrons. The van der Waals surface area contributed by atoms with Gasteiger partial charge in [-0.1, -0.05) is 66.6 Å². The van der Waals surface area contributed by atoms with Crippen LogP contribution in [0.3, 0.4) is 0 Å². The molecule has 4 N–H and O–H groups in total. The lowest BCUT2D eigenvalue weighted by atomic mass is 10.1. The van der Waals surface area contributed by atoms with Gasteiger partial charge in [0, 0.05) is 31.1 Å². The Morgan fingerprint density at radius 3 is 2.40 bits per heavy atom.